The minimum Gasteiger partial charge on any atom is -0.463 e. The van der Waals surface area contributed by atoms with E-state index >= 15 is 0 Å². The number of carbonyl (C=O) groups is 1. The summed E-state index contributed by atoms with van der Waals surface area (Å²) < 4.78 is 7.24. The number of furan rings is 1. The van der Waals surface area contributed by atoms with Crippen molar-refractivity contribution in [2.75, 3.05) is 6.54 Å². The molecule has 3 rings (SSSR count). The van der Waals surface area contributed by atoms with E-state index in [2.05, 4.69) is 10.3 Å². The number of amides is 1. The number of pyridine rings is 1. The molecular weight excluding hydrogens is 282 g/mol. The van der Waals surface area contributed by atoms with E-state index in [0.29, 0.717) is 17.1 Å². The summed E-state index contributed by atoms with van der Waals surface area (Å²) in [4.78, 5) is 16.2. The Balaban J connectivity index is 1.71. The maximum atomic E-state index is 12.2. The molecule has 0 saturated carbocycles. The average Bonchev–Trinajstić information content (AvgIpc) is 3.12. The number of carbonyl (C=O) groups excluding carboxylic acids is 1. The first-order chi connectivity index (χ1) is 10.5. The number of aromatic nitrogens is 2. The van der Waals surface area contributed by atoms with E-state index in [1.807, 2.05) is 4.40 Å². The molecule has 3 aromatic rings. The standard InChI is InChI=1S/C16H17N3O3/c1-11-3-4-14(22-11)16(2,21)9-18-15(20)12-5-6-19-10-17-8-13(19)7-12/h3-8,10,21H,9H2,1-2H3,(H,18,20). The number of imidazole rings is 1. The van der Waals surface area contributed by atoms with Crippen molar-refractivity contribution in [1.82, 2.24) is 14.7 Å². The van der Waals surface area contributed by atoms with Gasteiger partial charge in [0.15, 0.2) is 0 Å². The van der Waals surface area contributed by atoms with Crippen LogP contribution in [-0.2, 0) is 5.60 Å². The molecule has 1 atom stereocenters. The Kier molecular flexibility index (Phi) is 3.46. The average molecular weight is 299 g/mol. The predicted molar refractivity (Wildman–Crippen MR) is 80.5 cm³/mol. The second kappa shape index (κ2) is 5.31. The Morgan fingerprint density at radius 3 is 3.00 bits per heavy atom. The molecule has 0 spiro atoms. The van der Waals surface area contributed by atoms with E-state index in [9.17, 15) is 9.90 Å². The number of fused-ring (bicyclic) bond motifs is 1. The number of nitrogens with one attached hydrogen (secondary N) is 1. The maximum absolute atomic E-state index is 12.2. The molecule has 6 nitrogen and oxygen atoms in total. The van der Waals surface area contributed by atoms with Crippen LogP contribution in [0.3, 0.4) is 0 Å². The minimum atomic E-state index is -1.26. The van der Waals surface area contributed by atoms with Crippen molar-refractivity contribution in [3.05, 3.63) is 60.1 Å². The molecule has 3 aromatic heterocycles. The first-order valence-corrected chi connectivity index (χ1v) is 6.95. The molecule has 2 N–H and O–H groups in total. The fourth-order valence-corrected chi connectivity index (χ4v) is 2.23. The van der Waals surface area contributed by atoms with Crippen LogP contribution >= 0.6 is 0 Å². The lowest BCUT2D eigenvalue weighted by atomic mass is 10.0. The van der Waals surface area contributed by atoms with E-state index in [0.717, 1.165) is 5.52 Å². The molecule has 0 aliphatic heterocycles. The lowest BCUT2D eigenvalue weighted by Gasteiger charge is -2.21. The summed E-state index contributed by atoms with van der Waals surface area (Å²) >= 11 is 0. The summed E-state index contributed by atoms with van der Waals surface area (Å²) in [6.45, 7) is 3.47. The lowest BCUT2D eigenvalue weighted by molar-refractivity contribution is 0.0323. The molecule has 0 aliphatic rings. The first-order valence-electron chi connectivity index (χ1n) is 6.95. The van der Waals surface area contributed by atoms with Crippen LogP contribution in [0.5, 0.6) is 0 Å². The Labute approximate surface area is 127 Å². The van der Waals surface area contributed by atoms with E-state index in [1.165, 1.54) is 0 Å². The number of aryl methyl sites for hydroxylation is 1. The Hall–Kier alpha value is -2.60. The first kappa shape index (κ1) is 14.3. The smallest absolute Gasteiger partial charge is 0.251 e. The van der Waals surface area contributed by atoms with Crippen LogP contribution in [-0.4, -0.2) is 26.9 Å². The van der Waals surface area contributed by atoms with E-state index in [1.54, 1.807) is 56.8 Å². The summed E-state index contributed by atoms with van der Waals surface area (Å²) in [7, 11) is 0. The molecule has 114 valence electrons. The van der Waals surface area contributed by atoms with Crippen LogP contribution in [0, 0.1) is 6.92 Å². The van der Waals surface area contributed by atoms with Crippen molar-refractivity contribution in [1.29, 1.82) is 0 Å². The quantitative estimate of drug-likeness (QED) is 0.771. The molecule has 0 radical (unpaired) electrons. The Morgan fingerprint density at radius 2 is 2.27 bits per heavy atom. The molecule has 6 heteroatoms. The minimum absolute atomic E-state index is 0.0588. The molecule has 0 saturated heterocycles. The van der Waals surface area contributed by atoms with Crippen LogP contribution < -0.4 is 5.32 Å². The van der Waals surface area contributed by atoms with Gasteiger partial charge in [0.2, 0.25) is 0 Å². The number of nitrogens with zero attached hydrogens (tertiary/aromatic N) is 2. The number of rotatable bonds is 4. The van der Waals surface area contributed by atoms with Crippen molar-refractivity contribution in [2.45, 2.75) is 19.4 Å². The second-order valence-corrected chi connectivity index (χ2v) is 5.51. The van der Waals surface area contributed by atoms with Gasteiger partial charge in [-0.15, -0.1) is 0 Å². The third kappa shape index (κ3) is 2.73. The fraction of sp³-hybridized carbons (Fsp3) is 0.250. The molecule has 3 heterocycles. The van der Waals surface area contributed by atoms with E-state index in [-0.39, 0.29) is 12.5 Å². The summed E-state index contributed by atoms with van der Waals surface area (Å²) in [6, 6.07) is 6.93. The van der Waals surface area contributed by atoms with E-state index < -0.39 is 5.60 Å². The van der Waals surface area contributed by atoms with Gasteiger partial charge in [-0.05, 0) is 38.1 Å². The van der Waals surface area contributed by atoms with Crippen molar-refractivity contribution in [3.8, 4) is 0 Å². The Morgan fingerprint density at radius 1 is 1.45 bits per heavy atom. The number of aliphatic hydroxyl groups is 1. The highest BCUT2D eigenvalue weighted by Gasteiger charge is 2.27. The van der Waals surface area contributed by atoms with Gasteiger partial charge >= 0.3 is 0 Å². The number of hydrogen-bond donors (Lipinski definition) is 2. The molecule has 22 heavy (non-hydrogen) atoms. The van der Waals surface area contributed by atoms with Gasteiger partial charge in [-0.1, -0.05) is 0 Å². The van der Waals surface area contributed by atoms with Crippen LogP contribution in [0.4, 0.5) is 0 Å². The zero-order valence-corrected chi connectivity index (χ0v) is 12.4. The molecule has 1 unspecified atom stereocenters. The van der Waals surface area contributed by atoms with Crippen LogP contribution in [0.25, 0.3) is 5.52 Å². The molecule has 0 aromatic carbocycles. The van der Waals surface area contributed by atoms with Gasteiger partial charge in [0, 0.05) is 11.8 Å². The van der Waals surface area contributed by atoms with Crippen molar-refractivity contribution in [3.63, 3.8) is 0 Å². The third-order valence-corrected chi connectivity index (χ3v) is 3.54. The molecule has 0 aliphatic carbocycles. The highest BCUT2D eigenvalue weighted by Crippen LogP contribution is 2.22. The fourth-order valence-electron chi connectivity index (χ4n) is 2.23. The van der Waals surface area contributed by atoms with Crippen molar-refractivity contribution < 1.29 is 14.3 Å². The molecule has 0 bridgehead atoms. The SMILES string of the molecule is Cc1ccc(C(C)(O)CNC(=O)c2ccn3cncc3c2)o1. The Bertz CT molecular complexity index is 817. The van der Waals surface area contributed by atoms with Gasteiger partial charge in [-0.25, -0.2) is 4.98 Å². The molecule has 0 fully saturated rings. The highest BCUT2D eigenvalue weighted by molar-refractivity contribution is 5.95. The summed E-state index contributed by atoms with van der Waals surface area (Å²) in [5, 5.41) is 13.1. The van der Waals surface area contributed by atoms with Crippen molar-refractivity contribution in [2.24, 2.45) is 0 Å². The van der Waals surface area contributed by atoms with Gasteiger partial charge in [-0.3, -0.25) is 4.79 Å². The van der Waals surface area contributed by atoms with Gasteiger partial charge in [0.25, 0.3) is 5.91 Å². The van der Waals surface area contributed by atoms with Gasteiger partial charge in [-0.2, -0.15) is 0 Å². The lowest BCUT2D eigenvalue weighted by Crippen LogP contribution is -2.38. The second-order valence-electron chi connectivity index (χ2n) is 5.51. The zero-order chi connectivity index (χ0) is 15.7. The third-order valence-electron chi connectivity index (χ3n) is 3.54. The topological polar surface area (TPSA) is 79.8 Å². The van der Waals surface area contributed by atoms with Gasteiger partial charge < -0.3 is 19.2 Å². The van der Waals surface area contributed by atoms with Crippen LogP contribution in [0.2, 0.25) is 0 Å². The highest BCUT2D eigenvalue weighted by atomic mass is 16.4. The van der Waals surface area contributed by atoms with Crippen molar-refractivity contribution >= 4 is 11.4 Å². The normalized spacial score (nSPS) is 14.0. The van der Waals surface area contributed by atoms with Gasteiger partial charge in [0.1, 0.15) is 17.1 Å². The number of hydrogen-bond acceptors (Lipinski definition) is 4. The largest absolute Gasteiger partial charge is 0.463 e. The van der Waals surface area contributed by atoms with E-state index in [4.69, 9.17) is 4.42 Å². The summed E-state index contributed by atoms with van der Waals surface area (Å²) in [6.07, 6.45) is 5.12. The zero-order valence-electron chi connectivity index (χ0n) is 12.4. The van der Waals surface area contributed by atoms with Crippen LogP contribution in [0.1, 0.15) is 28.8 Å². The molecular formula is C16H17N3O3. The summed E-state index contributed by atoms with van der Waals surface area (Å²) in [5.41, 5.74) is 0.0884. The monoisotopic (exact) mass is 299 g/mol. The van der Waals surface area contributed by atoms with Crippen LogP contribution in [0.15, 0.2) is 47.4 Å². The van der Waals surface area contributed by atoms with Gasteiger partial charge in [0.05, 0.1) is 24.6 Å². The maximum Gasteiger partial charge on any atom is 0.251 e. The summed E-state index contributed by atoms with van der Waals surface area (Å²) in [5.74, 6) is 0.886. The molecule has 1 amide bonds. The predicted octanol–water partition coefficient (Wildman–Crippen LogP) is 1.87.